The second-order valence-corrected chi connectivity index (χ2v) is 7.57. The van der Waals surface area contributed by atoms with Crippen molar-refractivity contribution in [1.29, 1.82) is 0 Å². The summed E-state index contributed by atoms with van der Waals surface area (Å²) in [6.07, 6.45) is 0.129. The molecule has 1 fully saturated rings. The lowest BCUT2D eigenvalue weighted by molar-refractivity contribution is -0.190. The summed E-state index contributed by atoms with van der Waals surface area (Å²) in [5, 5.41) is 1.62. The maximum absolute atomic E-state index is 12.9. The molecule has 2 N–H and O–H groups in total. The Labute approximate surface area is 186 Å². The van der Waals surface area contributed by atoms with Gasteiger partial charge in [-0.3, -0.25) is 4.79 Å². The van der Waals surface area contributed by atoms with E-state index in [1.165, 1.54) is 6.92 Å². The minimum Gasteiger partial charge on any atom is -0.497 e. The Morgan fingerprint density at radius 2 is 1.66 bits per heavy atom. The first-order valence-corrected chi connectivity index (χ1v) is 10.2. The second-order valence-electron chi connectivity index (χ2n) is 7.57. The zero-order chi connectivity index (χ0) is 22.7. The van der Waals surface area contributed by atoms with Crippen molar-refractivity contribution in [1.82, 2.24) is 0 Å². The molecule has 32 heavy (non-hydrogen) atoms. The fourth-order valence-electron chi connectivity index (χ4n) is 3.65. The Morgan fingerprint density at radius 3 is 2.25 bits per heavy atom. The summed E-state index contributed by atoms with van der Waals surface area (Å²) >= 11 is 0. The fourth-order valence-corrected chi connectivity index (χ4v) is 3.65. The zero-order valence-electron chi connectivity index (χ0n) is 17.9. The largest absolute Gasteiger partial charge is 0.497 e. The summed E-state index contributed by atoms with van der Waals surface area (Å²) in [7, 11) is 1.60. The Bertz CT molecular complexity index is 1100. The number of Topliss-reactive ketones (excluding diaryl/α,β-unsaturated/α-hetero) is 1. The third-order valence-corrected chi connectivity index (χ3v) is 5.44. The number of nitrogens with zero attached hydrogens (tertiary/aromatic N) is 1. The van der Waals surface area contributed by atoms with Gasteiger partial charge in [-0.2, -0.15) is 0 Å². The van der Waals surface area contributed by atoms with Crippen LogP contribution in [0, 0.1) is 0 Å². The molecule has 0 aromatic heterocycles. The molecule has 3 aromatic carbocycles. The SMILES string of the molecule is COc1ccc([C@H]2C[C@](OC(=O)c3ccc(N)cc3)(C(C)=O)ON2c2ccccc2)cc1. The molecule has 0 radical (unpaired) electrons. The van der Waals surface area contributed by atoms with Gasteiger partial charge < -0.3 is 15.2 Å². The standard InChI is InChI=1S/C25H24N2O5/c1-17(28)25(31-24(29)19-8-12-20(26)13-9-19)16-23(18-10-14-22(30-2)15-11-18)27(32-25)21-6-4-3-5-7-21/h3-15,23H,16,26H2,1-2H3/t23-,25-/m1/s1. The summed E-state index contributed by atoms with van der Waals surface area (Å²) in [6, 6.07) is 22.8. The molecule has 0 saturated carbocycles. The molecule has 7 heteroatoms. The van der Waals surface area contributed by atoms with Crippen LogP contribution in [-0.2, 0) is 14.4 Å². The maximum atomic E-state index is 12.9. The van der Waals surface area contributed by atoms with Crippen LogP contribution in [0.3, 0.4) is 0 Å². The van der Waals surface area contributed by atoms with E-state index in [1.54, 1.807) is 36.4 Å². The average molecular weight is 432 g/mol. The third kappa shape index (κ3) is 4.15. The third-order valence-electron chi connectivity index (χ3n) is 5.44. The summed E-state index contributed by atoms with van der Waals surface area (Å²) < 4.78 is 11.0. The lowest BCUT2D eigenvalue weighted by Crippen LogP contribution is -2.43. The lowest BCUT2D eigenvalue weighted by Gasteiger charge is -2.27. The molecule has 1 heterocycles. The van der Waals surface area contributed by atoms with Crippen LogP contribution < -0.4 is 15.5 Å². The van der Waals surface area contributed by atoms with Crippen LogP contribution >= 0.6 is 0 Å². The summed E-state index contributed by atoms with van der Waals surface area (Å²) in [6.45, 7) is 1.36. The highest BCUT2D eigenvalue weighted by Crippen LogP contribution is 2.45. The molecular weight excluding hydrogens is 408 g/mol. The van der Waals surface area contributed by atoms with E-state index < -0.39 is 17.5 Å². The van der Waals surface area contributed by atoms with Crippen molar-refractivity contribution in [2.45, 2.75) is 25.2 Å². The number of methoxy groups -OCH3 is 1. The highest BCUT2D eigenvalue weighted by atomic mass is 16.8. The van der Waals surface area contributed by atoms with Crippen molar-refractivity contribution in [2.75, 3.05) is 17.9 Å². The molecule has 0 aliphatic carbocycles. The molecule has 1 aliphatic rings. The monoisotopic (exact) mass is 432 g/mol. The smallest absolute Gasteiger partial charge is 0.341 e. The van der Waals surface area contributed by atoms with Crippen LogP contribution in [0.4, 0.5) is 11.4 Å². The molecule has 7 nitrogen and oxygen atoms in total. The number of carbonyl (C=O) groups is 2. The molecule has 0 bridgehead atoms. The van der Waals surface area contributed by atoms with Gasteiger partial charge in [0.25, 0.3) is 5.79 Å². The van der Waals surface area contributed by atoms with Crippen LogP contribution in [0.25, 0.3) is 0 Å². The Kier molecular flexibility index (Phi) is 5.83. The van der Waals surface area contributed by atoms with Gasteiger partial charge in [-0.15, -0.1) is 0 Å². The van der Waals surface area contributed by atoms with E-state index in [9.17, 15) is 9.59 Å². The van der Waals surface area contributed by atoms with Crippen molar-refractivity contribution in [3.8, 4) is 5.75 Å². The lowest BCUT2D eigenvalue weighted by atomic mass is 9.97. The fraction of sp³-hybridized carbons (Fsp3) is 0.200. The van der Waals surface area contributed by atoms with Gasteiger partial charge in [0.1, 0.15) is 5.75 Å². The molecule has 2 atom stereocenters. The maximum Gasteiger partial charge on any atom is 0.341 e. The van der Waals surface area contributed by atoms with E-state index in [0.717, 1.165) is 11.3 Å². The number of hydrogen-bond acceptors (Lipinski definition) is 7. The van der Waals surface area contributed by atoms with Crippen molar-refractivity contribution < 1.29 is 23.9 Å². The van der Waals surface area contributed by atoms with Crippen molar-refractivity contribution in [3.63, 3.8) is 0 Å². The van der Waals surface area contributed by atoms with Gasteiger partial charge in [0.05, 0.1) is 30.8 Å². The van der Waals surface area contributed by atoms with E-state index >= 15 is 0 Å². The predicted molar refractivity (Wildman–Crippen MR) is 120 cm³/mol. The van der Waals surface area contributed by atoms with E-state index in [4.69, 9.17) is 20.0 Å². The molecule has 0 amide bonds. The van der Waals surface area contributed by atoms with Gasteiger partial charge in [-0.25, -0.2) is 14.7 Å². The quantitative estimate of drug-likeness (QED) is 0.459. The molecule has 0 spiro atoms. The zero-order valence-corrected chi connectivity index (χ0v) is 17.9. The number of esters is 1. The number of carbonyl (C=O) groups excluding carboxylic acids is 2. The highest BCUT2D eigenvalue weighted by Gasteiger charge is 2.53. The number of hydrogen-bond donors (Lipinski definition) is 1. The molecule has 0 unspecified atom stereocenters. The number of nitrogens with two attached hydrogens (primary N) is 1. The number of benzene rings is 3. The molecule has 1 aliphatic heterocycles. The predicted octanol–water partition coefficient (Wildman–Crippen LogP) is 4.30. The summed E-state index contributed by atoms with van der Waals surface area (Å²) in [5.74, 6) is -2.12. The highest BCUT2D eigenvalue weighted by molar-refractivity contribution is 5.94. The molecule has 164 valence electrons. The number of ether oxygens (including phenoxy) is 2. The van der Waals surface area contributed by atoms with E-state index in [1.807, 2.05) is 54.6 Å². The normalized spacial score (nSPS) is 20.1. The van der Waals surface area contributed by atoms with Crippen LogP contribution in [0.2, 0.25) is 0 Å². The number of ketones is 1. The molecule has 1 saturated heterocycles. The first-order valence-electron chi connectivity index (χ1n) is 10.2. The first-order chi connectivity index (χ1) is 15.4. The van der Waals surface area contributed by atoms with Gasteiger partial charge in [-0.05, 0) is 54.1 Å². The minimum absolute atomic E-state index is 0.129. The topological polar surface area (TPSA) is 91.1 Å². The van der Waals surface area contributed by atoms with Crippen molar-refractivity contribution in [2.24, 2.45) is 0 Å². The van der Waals surface area contributed by atoms with Gasteiger partial charge in [0, 0.05) is 12.6 Å². The van der Waals surface area contributed by atoms with Gasteiger partial charge >= 0.3 is 5.97 Å². The Hall–Kier alpha value is -3.84. The summed E-state index contributed by atoms with van der Waals surface area (Å²) in [4.78, 5) is 31.8. The second kappa shape index (κ2) is 8.72. The molecular formula is C25H24N2O5. The van der Waals surface area contributed by atoms with Crippen LogP contribution in [0.1, 0.15) is 35.3 Å². The number of rotatable bonds is 6. The Balaban J connectivity index is 1.70. The van der Waals surface area contributed by atoms with E-state index in [2.05, 4.69) is 0 Å². The first kappa shape index (κ1) is 21.4. The average Bonchev–Trinajstić information content (AvgIpc) is 3.21. The van der Waals surface area contributed by atoms with Gasteiger partial charge in [0.15, 0.2) is 0 Å². The van der Waals surface area contributed by atoms with E-state index in [0.29, 0.717) is 11.4 Å². The van der Waals surface area contributed by atoms with Crippen LogP contribution in [-0.4, -0.2) is 24.6 Å². The van der Waals surface area contributed by atoms with Crippen molar-refractivity contribution in [3.05, 3.63) is 90.0 Å². The van der Waals surface area contributed by atoms with Gasteiger partial charge in [-0.1, -0.05) is 30.3 Å². The van der Waals surface area contributed by atoms with Crippen LogP contribution in [0.5, 0.6) is 5.75 Å². The number of anilines is 2. The van der Waals surface area contributed by atoms with Crippen LogP contribution in [0.15, 0.2) is 78.9 Å². The number of hydroxylamine groups is 1. The number of para-hydroxylation sites is 1. The Morgan fingerprint density at radius 1 is 1.00 bits per heavy atom. The summed E-state index contributed by atoms with van der Waals surface area (Å²) in [5.41, 5.74) is 8.13. The van der Waals surface area contributed by atoms with Crippen molar-refractivity contribution >= 4 is 23.1 Å². The van der Waals surface area contributed by atoms with Gasteiger partial charge in [0.2, 0.25) is 5.78 Å². The molecule has 3 aromatic rings. The minimum atomic E-state index is -1.76. The number of nitrogen functional groups attached to an aromatic ring is 1. The van der Waals surface area contributed by atoms with E-state index in [-0.39, 0.29) is 18.0 Å². The molecule has 4 rings (SSSR count).